The lowest BCUT2D eigenvalue weighted by Gasteiger charge is -2.46. The van der Waals surface area contributed by atoms with Gasteiger partial charge in [0.25, 0.3) is 5.91 Å². The lowest BCUT2D eigenvalue weighted by Crippen LogP contribution is -2.48. The molecular formula is C23H24N4O2. The fourth-order valence-electron chi connectivity index (χ4n) is 4.69. The van der Waals surface area contributed by atoms with E-state index in [0.717, 1.165) is 25.1 Å². The highest BCUT2D eigenvalue weighted by atomic mass is 16.5. The van der Waals surface area contributed by atoms with E-state index in [9.17, 15) is 4.79 Å². The van der Waals surface area contributed by atoms with Crippen LogP contribution in [0, 0.1) is 0 Å². The van der Waals surface area contributed by atoms with Gasteiger partial charge in [-0.1, -0.05) is 47.6 Å². The summed E-state index contributed by atoms with van der Waals surface area (Å²) >= 11 is 0. The van der Waals surface area contributed by atoms with Gasteiger partial charge in [0.2, 0.25) is 12.2 Å². The van der Waals surface area contributed by atoms with E-state index >= 15 is 0 Å². The minimum absolute atomic E-state index is 0.0225. The van der Waals surface area contributed by atoms with Crippen molar-refractivity contribution in [2.75, 3.05) is 6.54 Å². The molecule has 1 aliphatic carbocycles. The van der Waals surface area contributed by atoms with Crippen LogP contribution < -0.4 is 5.32 Å². The van der Waals surface area contributed by atoms with Gasteiger partial charge in [0, 0.05) is 35.8 Å². The summed E-state index contributed by atoms with van der Waals surface area (Å²) in [6, 6.07) is 18.1. The van der Waals surface area contributed by atoms with Gasteiger partial charge in [-0.2, -0.15) is 4.98 Å². The second kappa shape index (κ2) is 7.44. The van der Waals surface area contributed by atoms with Gasteiger partial charge in [0.05, 0.1) is 0 Å². The third-order valence-corrected chi connectivity index (χ3v) is 6.34. The number of nitrogens with one attached hydrogen (secondary N) is 1. The Hall–Kier alpha value is -2.99. The Morgan fingerprint density at radius 2 is 1.93 bits per heavy atom. The predicted octanol–water partition coefficient (Wildman–Crippen LogP) is 3.66. The Bertz CT molecular complexity index is 966. The van der Waals surface area contributed by atoms with E-state index in [4.69, 9.17) is 4.52 Å². The van der Waals surface area contributed by atoms with Crippen molar-refractivity contribution in [2.45, 2.75) is 43.8 Å². The summed E-state index contributed by atoms with van der Waals surface area (Å²) in [5, 5.41) is 7.08. The molecule has 1 aromatic heterocycles. The van der Waals surface area contributed by atoms with E-state index in [0.29, 0.717) is 11.4 Å². The van der Waals surface area contributed by atoms with Crippen LogP contribution in [0.3, 0.4) is 0 Å². The molecule has 1 amide bonds. The van der Waals surface area contributed by atoms with Crippen LogP contribution in [-0.2, 0) is 6.54 Å². The molecule has 2 aliphatic rings. The third-order valence-electron chi connectivity index (χ3n) is 6.34. The maximum atomic E-state index is 12.8. The Labute approximate surface area is 169 Å². The molecule has 3 aromatic rings. The van der Waals surface area contributed by atoms with Crippen molar-refractivity contribution in [3.8, 4) is 11.4 Å². The average Bonchev–Trinajstić information content (AvgIpc) is 3.37. The lowest BCUT2D eigenvalue weighted by atomic mass is 9.74. The van der Waals surface area contributed by atoms with E-state index < -0.39 is 0 Å². The molecule has 1 saturated heterocycles. The summed E-state index contributed by atoms with van der Waals surface area (Å²) in [5.41, 5.74) is 3.08. The van der Waals surface area contributed by atoms with Gasteiger partial charge in [0.15, 0.2) is 0 Å². The summed E-state index contributed by atoms with van der Waals surface area (Å²) in [7, 11) is 0. The number of rotatable bonds is 5. The first-order chi connectivity index (χ1) is 14.2. The monoisotopic (exact) mass is 388 g/mol. The van der Waals surface area contributed by atoms with Gasteiger partial charge in [-0.3, -0.25) is 9.69 Å². The SMILES string of the molecule is O=C(NC1CN(Cc2ccccc2)C2(CCC2)C1)c1ccc(-c2ncon2)cc1. The highest BCUT2D eigenvalue weighted by Crippen LogP contribution is 2.46. The molecule has 1 spiro atoms. The second-order valence-corrected chi connectivity index (χ2v) is 8.15. The van der Waals surface area contributed by atoms with E-state index in [1.807, 2.05) is 24.3 Å². The summed E-state index contributed by atoms with van der Waals surface area (Å²) < 4.78 is 4.78. The topological polar surface area (TPSA) is 71.3 Å². The molecule has 6 nitrogen and oxygen atoms in total. The van der Waals surface area contributed by atoms with Crippen LogP contribution in [0.1, 0.15) is 41.6 Å². The van der Waals surface area contributed by atoms with Crippen molar-refractivity contribution in [2.24, 2.45) is 0 Å². The fourth-order valence-corrected chi connectivity index (χ4v) is 4.69. The van der Waals surface area contributed by atoms with Crippen LogP contribution in [0.4, 0.5) is 0 Å². The predicted molar refractivity (Wildman–Crippen MR) is 109 cm³/mol. The van der Waals surface area contributed by atoms with E-state index in [2.05, 4.69) is 50.7 Å². The zero-order chi connectivity index (χ0) is 19.7. The smallest absolute Gasteiger partial charge is 0.251 e. The van der Waals surface area contributed by atoms with Gasteiger partial charge in [0.1, 0.15) is 0 Å². The summed E-state index contributed by atoms with van der Waals surface area (Å²) in [6.45, 7) is 1.86. The number of hydrogen-bond donors (Lipinski definition) is 1. The average molecular weight is 388 g/mol. The molecule has 148 valence electrons. The highest BCUT2D eigenvalue weighted by molar-refractivity contribution is 5.94. The van der Waals surface area contributed by atoms with Crippen molar-refractivity contribution in [3.63, 3.8) is 0 Å². The van der Waals surface area contributed by atoms with E-state index in [-0.39, 0.29) is 17.5 Å². The minimum atomic E-state index is -0.0225. The molecule has 1 saturated carbocycles. The first-order valence-electron chi connectivity index (χ1n) is 10.2. The van der Waals surface area contributed by atoms with Crippen molar-refractivity contribution in [1.29, 1.82) is 0 Å². The second-order valence-electron chi connectivity index (χ2n) is 8.15. The summed E-state index contributed by atoms with van der Waals surface area (Å²) in [5.74, 6) is 0.502. The number of carbonyl (C=O) groups excluding carboxylic acids is 1. The maximum Gasteiger partial charge on any atom is 0.251 e. The Kier molecular flexibility index (Phi) is 4.64. The number of amides is 1. The van der Waals surface area contributed by atoms with Crippen LogP contribution in [-0.4, -0.2) is 39.1 Å². The Morgan fingerprint density at radius 1 is 1.14 bits per heavy atom. The van der Waals surface area contributed by atoms with Crippen molar-refractivity contribution >= 4 is 5.91 Å². The Morgan fingerprint density at radius 3 is 2.59 bits per heavy atom. The van der Waals surface area contributed by atoms with Crippen molar-refractivity contribution in [1.82, 2.24) is 20.4 Å². The molecule has 2 fully saturated rings. The number of aromatic nitrogens is 2. The summed E-state index contributed by atoms with van der Waals surface area (Å²) in [6.07, 6.45) is 6.07. The first kappa shape index (κ1) is 18.1. The molecule has 0 bridgehead atoms. The molecule has 0 radical (unpaired) electrons. The van der Waals surface area contributed by atoms with E-state index in [1.54, 1.807) is 0 Å². The van der Waals surface area contributed by atoms with Gasteiger partial charge in [-0.15, -0.1) is 0 Å². The third kappa shape index (κ3) is 3.56. The molecule has 2 heterocycles. The van der Waals surface area contributed by atoms with Gasteiger partial charge in [-0.05, 0) is 43.4 Å². The van der Waals surface area contributed by atoms with Gasteiger partial charge < -0.3 is 9.84 Å². The van der Waals surface area contributed by atoms with Crippen LogP contribution in [0.5, 0.6) is 0 Å². The minimum Gasteiger partial charge on any atom is -0.348 e. The van der Waals surface area contributed by atoms with Crippen LogP contribution in [0.25, 0.3) is 11.4 Å². The first-order valence-corrected chi connectivity index (χ1v) is 10.2. The molecule has 1 atom stereocenters. The number of likely N-dealkylation sites (tertiary alicyclic amines) is 1. The quantitative estimate of drug-likeness (QED) is 0.722. The largest absolute Gasteiger partial charge is 0.348 e. The highest BCUT2D eigenvalue weighted by Gasteiger charge is 2.49. The van der Waals surface area contributed by atoms with Crippen molar-refractivity contribution < 1.29 is 9.32 Å². The molecule has 29 heavy (non-hydrogen) atoms. The van der Waals surface area contributed by atoms with Crippen LogP contribution in [0.15, 0.2) is 65.5 Å². The fraction of sp³-hybridized carbons (Fsp3) is 0.348. The van der Waals surface area contributed by atoms with Crippen LogP contribution in [0.2, 0.25) is 0 Å². The van der Waals surface area contributed by atoms with Crippen LogP contribution >= 0.6 is 0 Å². The van der Waals surface area contributed by atoms with Crippen molar-refractivity contribution in [3.05, 3.63) is 72.1 Å². The zero-order valence-corrected chi connectivity index (χ0v) is 16.3. The number of carbonyl (C=O) groups is 1. The molecule has 1 aliphatic heterocycles. The molecular weight excluding hydrogens is 364 g/mol. The lowest BCUT2D eigenvalue weighted by molar-refractivity contribution is 0.0495. The summed E-state index contributed by atoms with van der Waals surface area (Å²) in [4.78, 5) is 19.4. The molecule has 6 heteroatoms. The molecule has 5 rings (SSSR count). The standard InChI is InChI=1S/C23H24N4O2/c28-22(19-9-7-18(8-10-19)21-24-16-29-26-21)25-20-13-23(11-4-12-23)27(15-20)14-17-5-2-1-3-6-17/h1-3,5-10,16,20H,4,11-15H2,(H,25,28). The number of nitrogens with zero attached hydrogens (tertiary/aromatic N) is 3. The maximum absolute atomic E-state index is 12.8. The normalized spacial score (nSPS) is 20.5. The van der Waals surface area contributed by atoms with Gasteiger partial charge in [-0.25, -0.2) is 0 Å². The van der Waals surface area contributed by atoms with Gasteiger partial charge >= 0.3 is 0 Å². The number of benzene rings is 2. The molecule has 2 aromatic carbocycles. The van der Waals surface area contributed by atoms with E-state index in [1.165, 1.54) is 31.2 Å². The Balaban J connectivity index is 1.25. The number of hydrogen-bond acceptors (Lipinski definition) is 5. The zero-order valence-electron chi connectivity index (χ0n) is 16.3. The molecule has 1 N–H and O–H groups in total. The molecule has 1 unspecified atom stereocenters.